The summed E-state index contributed by atoms with van der Waals surface area (Å²) in [6.45, 7) is 2.92. The molecule has 22 heavy (non-hydrogen) atoms. The zero-order valence-electron chi connectivity index (χ0n) is 12.3. The van der Waals surface area contributed by atoms with Crippen LogP contribution in [0, 0.1) is 6.92 Å². The molecule has 0 radical (unpaired) electrons. The number of halogens is 2. The minimum atomic E-state index is -0.124. The quantitative estimate of drug-likeness (QED) is 0.873. The van der Waals surface area contributed by atoms with Gasteiger partial charge in [0.05, 0.1) is 5.56 Å². The second kappa shape index (κ2) is 8.01. The maximum absolute atomic E-state index is 12.1. The van der Waals surface area contributed by atoms with Gasteiger partial charge in [0.2, 0.25) is 0 Å². The minimum absolute atomic E-state index is 0. The number of pyridine rings is 1. The number of hydrogen-bond acceptors (Lipinski definition) is 3. The molecule has 3 rings (SSSR count). The molecule has 2 aromatic rings. The van der Waals surface area contributed by atoms with E-state index in [-0.39, 0.29) is 30.7 Å². The van der Waals surface area contributed by atoms with Crippen LogP contribution in [0.4, 0.5) is 11.4 Å². The summed E-state index contributed by atoms with van der Waals surface area (Å²) in [5.41, 5.74) is 4.74. The van der Waals surface area contributed by atoms with Gasteiger partial charge in [0, 0.05) is 29.8 Å². The van der Waals surface area contributed by atoms with E-state index < -0.39 is 0 Å². The lowest BCUT2D eigenvalue weighted by Gasteiger charge is -2.18. The van der Waals surface area contributed by atoms with Gasteiger partial charge in [-0.05, 0) is 55.7 Å². The van der Waals surface area contributed by atoms with Crippen LogP contribution in [0.5, 0.6) is 0 Å². The number of hydrogen-bond donors (Lipinski definition) is 2. The summed E-state index contributed by atoms with van der Waals surface area (Å²) >= 11 is 0. The molecule has 0 fully saturated rings. The lowest BCUT2D eigenvalue weighted by atomic mass is 10.0. The third kappa shape index (κ3) is 4.12. The number of carbonyl (C=O) groups excluding carboxylic acids is 1. The van der Waals surface area contributed by atoms with Gasteiger partial charge in [0.25, 0.3) is 5.91 Å². The van der Waals surface area contributed by atoms with Gasteiger partial charge in [-0.15, -0.1) is 24.8 Å². The standard InChI is InChI=1S/C16H17N3O.2ClH/c1-11-4-5-13(10-18-11)16(20)19-14-6-7-15-12(9-14)3-2-8-17-15;;/h4-7,9-10,17H,2-3,8H2,1H3,(H,19,20);2*1H. The van der Waals surface area contributed by atoms with Crippen molar-refractivity contribution in [3.05, 3.63) is 53.3 Å². The van der Waals surface area contributed by atoms with E-state index in [4.69, 9.17) is 0 Å². The molecule has 0 atom stereocenters. The number of benzene rings is 1. The Morgan fingerprint density at radius 3 is 2.77 bits per heavy atom. The van der Waals surface area contributed by atoms with Gasteiger partial charge in [0.15, 0.2) is 0 Å². The van der Waals surface area contributed by atoms with Gasteiger partial charge in [-0.3, -0.25) is 9.78 Å². The zero-order chi connectivity index (χ0) is 13.9. The highest BCUT2D eigenvalue weighted by Gasteiger charge is 2.11. The zero-order valence-corrected chi connectivity index (χ0v) is 13.9. The number of aryl methyl sites for hydroxylation is 2. The lowest BCUT2D eigenvalue weighted by Crippen LogP contribution is -2.15. The average molecular weight is 340 g/mol. The van der Waals surface area contributed by atoms with Crippen molar-refractivity contribution in [3.8, 4) is 0 Å². The summed E-state index contributed by atoms with van der Waals surface area (Å²) in [5.74, 6) is -0.124. The predicted molar refractivity (Wildman–Crippen MR) is 94.7 cm³/mol. The monoisotopic (exact) mass is 339 g/mol. The van der Waals surface area contributed by atoms with Crippen LogP contribution in [0.3, 0.4) is 0 Å². The first-order chi connectivity index (χ1) is 9.72. The molecule has 1 aromatic carbocycles. The molecule has 2 heterocycles. The van der Waals surface area contributed by atoms with E-state index in [0.29, 0.717) is 5.56 Å². The summed E-state index contributed by atoms with van der Waals surface area (Å²) in [4.78, 5) is 16.3. The number of amides is 1. The van der Waals surface area contributed by atoms with E-state index in [1.165, 1.54) is 11.3 Å². The second-order valence-electron chi connectivity index (χ2n) is 5.04. The number of nitrogens with one attached hydrogen (secondary N) is 2. The molecule has 4 nitrogen and oxygen atoms in total. The Kier molecular flexibility index (Phi) is 6.65. The maximum atomic E-state index is 12.1. The van der Waals surface area contributed by atoms with Gasteiger partial charge in [-0.2, -0.15) is 0 Å². The molecule has 0 unspecified atom stereocenters. The van der Waals surface area contributed by atoms with Crippen molar-refractivity contribution in [2.45, 2.75) is 19.8 Å². The van der Waals surface area contributed by atoms with E-state index in [1.54, 1.807) is 12.3 Å². The number of rotatable bonds is 2. The number of aromatic nitrogens is 1. The first-order valence-electron chi connectivity index (χ1n) is 6.83. The van der Waals surface area contributed by atoms with Crippen molar-refractivity contribution in [2.75, 3.05) is 17.2 Å². The Bertz CT molecular complexity index is 644. The topological polar surface area (TPSA) is 54.0 Å². The summed E-state index contributed by atoms with van der Waals surface area (Å²) in [7, 11) is 0. The molecule has 0 spiro atoms. The maximum Gasteiger partial charge on any atom is 0.257 e. The third-order valence-electron chi connectivity index (χ3n) is 3.48. The molecule has 2 N–H and O–H groups in total. The van der Waals surface area contributed by atoms with Crippen molar-refractivity contribution in [1.29, 1.82) is 0 Å². The molecule has 1 aliphatic heterocycles. The van der Waals surface area contributed by atoms with Crippen LogP contribution in [0.2, 0.25) is 0 Å². The fourth-order valence-corrected chi connectivity index (χ4v) is 2.36. The van der Waals surface area contributed by atoms with Crippen LogP contribution in [-0.2, 0) is 6.42 Å². The smallest absolute Gasteiger partial charge is 0.257 e. The lowest BCUT2D eigenvalue weighted by molar-refractivity contribution is 0.102. The van der Waals surface area contributed by atoms with E-state index in [0.717, 1.165) is 30.8 Å². The fraction of sp³-hybridized carbons (Fsp3) is 0.250. The molecule has 0 bridgehead atoms. The molecular formula is C16H19Cl2N3O. The Balaban J connectivity index is 0.00000121. The Morgan fingerprint density at radius 1 is 1.23 bits per heavy atom. The molecule has 0 saturated carbocycles. The van der Waals surface area contributed by atoms with Crippen molar-refractivity contribution < 1.29 is 4.79 Å². The summed E-state index contributed by atoms with van der Waals surface area (Å²) in [6.07, 6.45) is 3.79. The minimum Gasteiger partial charge on any atom is -0.385 e. The largest absolute Gasteiger partial charge is 0.385 e. The number of anilines is 2. The van der Waals surface area contributed by atoms with Crippen LogP contribution in [0.15, 0.2) is 36.5 Å². The van der Waals surface area contributed by atoms with Gasteiger partial charge in [-0.1, -0.05) is 0 Å². The first-order valence-corrected chi connectivity index (χ1v) is 6.83. The molecular weight excluding hydrogens is 321 g/mol. The van der Waals surface area contributed by atoms with Crippen LogP contribution in [0.25, 0.3) is 0 Å². The van der Waals surface area contributed by atoms with E-state index in [2.05, 4.69) is 15.6 Å². The van der Waals surface area contributed by atoms with Gasteiger partial charge >= 0.3 is 0 Å². The average Bonchev–Trinajstić information content (AvgIpc) is 2.48. The van der Waals surface area contributed by atoms with E-state index in [9.17, 15) is 4.79 Å². The third-order valence-corrected chi connectivity index (χ3v) is 3.48. The van der Waals surface area contributed by atoms with Crippen molar-refractivity contribution in [1.82, 2.24) is 4.98 Å². The summed E-state index contributed by atoms with van der Waals surface area (Å²) in [6, 6.07) is 9.62. The molecule has 1 aliphatic rings. The summed E-state index contributed by atoms with van der Waals surface area (Å²) < 4.78 is 0. The van der Waals surface area contributed by atoms with Crippen molar-refractivity contribution in [2.24, 2.45) is 0 Å². The molecule has 6 heteroatoms. The highest BCUT2D eigenvalue weighted by molar-refractivity contribution is 6.04. The predicted octanol–water partition coefficient (Wildman–Crippen LogP) is 3.84. The number of carbonyl (C=O) groups is 1. The fourth-order valence-electron chi connectivity index (χ4n) is 2.36. The molecule has 1 amide bonds. The molecule has 0 saturated heterocycles. The van der Waals surface area contributed by atoms with E-state index >= 15 is 0 Å². The SMILES string of the molecule is Cc1ccc(C(=O)Nc2ccc3c(c2)CCCN3)cn1.Cl.Cl. The second-order valence-corrected chi connectivity index (χ2v) is 5.04. The van der Waals surface area contributed by atoms with Crippen LogP contribution in [0.1, 0.15) is 28.0 Å². The van der Waals surface area contributed by atoms with Crippen LogP contribution >= 0.6 is 24.8 Å². The Morgan fingerprint density at radius 2 is 2.05 bits per heavy atom. The van der Waals surface area contributed by atoms with Crippen molar-refractivity contribution in [3.63, 3.8) is 0 Å². The van der Waals surface area contributed by atoms with Crippen molar-refractivity contribution >= 4 is 42.1 Å². The highest BCUT2D eigenvalue weighted by atomic mass is 35.5. The van der Waals surface area contributed by atoms with Gasteiger partial charge in [0.1, 0.15) is 0 Å². The molecule has 0 aliphatic carbocycles. The van der Waals surface area contributed by atoms with Gasteiger partial charge in [-0.25, -0.2) is 0 Å². The highest BCUT2D eigenvalue weighted by Crippen LogP contribution is 2.25. The Hall–Kier alpha value is -1.78. The number of nitrogens with zero attached hydrogens (tertiary/aromatic N) is 1. The molecule has 1 aromatic heterocycles. The summed E-state index contributed by atoms with van der Waals surface area (Å²) in [5, 5.41) is 6.28. The molecule has 118 valence electrons. The van der Waals surface area contributed by atoms with Crippen LogP contribution < -0.4 is 10.6 Å². The van der Waals surface area contributed by atoms with Gasteiger partial charge < -0.3 is 10.6 Å². The number of fused-ring (bicyclic) bond motifs is 1. The normalized spacial score (nSPS) is 12.0. The first kappa shape index (κ1) is 18.3. The Labute approximate surface area is 142 Å². The van der Waals surface area contributed by atoms with E-state index in [1.807, 2.05) is 31.2 Å². The van der Waals surface area contributed by atoms with Crippen LogP contribution in [-0.4, -0.2) is 17.4 Å².